The maximum Gasteiger partial charge on any atom is 0.266 e. The summed E-state index contributed by atoms with van der Waals surface area (Å²) in [5.41, 5.74) is 2.50. The summed E-state index contributed by atoms with van der Waals surface area (Å²) in [5, 5.41) is 0.566. The van der Waals surface area contributed by atoms with Crippen molar-refractivity contribution in [1.82, 2.24) is 9.97 Å². The molecule has 1 heterocycles. The normalized spacial score (nSPS) is 10.6. The second-order valence-corrected chi connectivity index (χ2v) is 7.90. The highest BCUT2D eigenvalue weighted by molar-refractivity contribution is 9.10. The summed E-state index contributed by atoms with van der Waals surface area (Å²) in [7, 11) is 4.83. The molecule has 1 aromatic heterocycles. The summed E-state index contributed by atoms with van der Waals surface area (Å²) >= 11 is 4.83. The van der Waals surface area contributed by atoms with E-state index in [0.717, 1.165) is 16.9 Å². The predicted molar refractivity (Wildman–Crippen MR) is 117 cm³/mol. The van der Waals surface area contributed by atoms with Gasteiger partial charge < -0.3 is 19.2 Å². The Kier molecular flexibility index (Phi) is 7.22. The van der Waals surface area contributed by atoms with E-state index < -0.39 is 0 Å². The minimum absolute atomic E-state index is 0.205. The first-order valence-electron chi connectivity index (χ1n) is 8.79. The van der Waals surface area contributed by atoms with Crippen LogP contribution in [0.3, 0.4) is 0 Å². The summed E-state index contributed by atoms with van der Waals surface area (Å²) in [6, 6.07) is 13.5. The fraction of sp³-hybridized carbons (Fsp3) is 0.238. The highest BCUT2D eigenvalue weighted by Crippen LogP contribution is 2.29. The Bertz CT molecular complexity index is 1060. The van der Waals surface area contributed by atoms with E-state index in [9.17, 15) is 4.79 Å². The fourth-order valence-electron chi connectivity index (χ4n) is 2.77. The first kappa shape index (κ1) is 21.3. The third-order valence-electron chi connectivity index (χ3n) is 4.24. The number of aromatic nitrogens is 2. The van der Waals surface area contributed by atoms with Gasteiger partial charge in [0.15, 0.2) is 16.7 Å². The molecule has 0 saturated heterocycles. The SMILES string of the molecule is COc1cccc(CSc2nc(Cc3ccc(OC)c(OC)c3)c(Br)c(=O)[nH]2)c1. The van der Waals surface area contributed by atoms with Crippen molar-refractivity contribution in [2.24, 2.45) is 0 Å². The van der Waals surface area contributed by atoms with Crippen molar-refractivity contribution < 1.29 is 14.2 Å². The molecule has 0 spiro atoms. The molecule has 152 valence electrons. The molecule has 0 aliphatic carbocycles. The Labute approximate surface area is 181 Å². The number of thioether (sulfide) groups is 1. The molecule has 0 fully saturated rings. The van der Waals surface area contributed by atoms with Crippen molar-refractivity contribution in [2.75, 3.05) is 21.3 Å². The van der Waals surface area contributed by atoms with E-state index in [2.05, 4.69) is 25.9 Å². The number of rotatable bonds is 8. The molecular weight excluding hydrogens is 456 g/mol. The van der Waals surface area contributed by atoms with Gasteiger partial charge in [0, 0.05) is 12.2 Å². The molecule has 6 nitrogen and oxygen atoms in total. The van der Waals surface area contributed by atoms with Crippen molar-refractivity contribution in [3.05, 3.63) is 74.1 Å². The highest BCUT2D eigenvalue weighted by Gasteiger charge is 2.12. The average molecular weight is 477 g/mol. The van der Waals surface area contributed by atoms with E-state index in [1.165, 1.54) is 11.8 Å². The molecule has 29 heavy (non-hydrogen) atoms. The van der Waals surface area contributed by atoms with Crippen LogP contribution in [-0.2, 0) is 12.2 Å². The number of nitrogens with one attached hydrogen (secondary N) is 1. The number of benzene rings is 2. The maximum atomic E-state index is 12.4. The molecule has 0 atom stereocenters. The van der Waals surface area contributed by atoms with Crippen molar-refractivity contribution in [2.45, 2.75) is 17.3 Å². The predicted octanol–water partition coefficient (Wildman–Crippen LogP) is 4.44. The summed E-state index contributed by atoms with van der Waals surface area (Å²) < 4.78 is 16.3. The smallest absolute Gasteiger partial charge is 0.266 e. The number of nitrogens with zero attached hydrogens (tertiary/aromatic N) is 1. The van der Waals surface area contributed by atoms with Gasteiger partial charge in [0.2, 0.25) is 0 Å². The number of aromatic amines is 1. The summed E-state index contributed by atoms with van der Waals surface area (Å²) in [5.74, 6) is 2.76. The molecule has 8 heteroatoms. The lowest BCUT2D eigenvalue weighted by molar-refractivity contribution is 0.354. The van der Waals surface area contributed by atoms with Crippen molar-refractivity contribution in [1.29, 1.82) is 0 Å². The number of H-pyrrole nitrogens is 1. The maximum absolute atomic E-state index is 12.4. The first-order chi connectivity index (χ1) is 14.0. The Balaban J connectivity index is 1.81. The fourth-order valence-corrected chi connectivity index (χ4v) is 3.92. The number of ether oxygens (including phenoxy) is 3. The van der Waals surface area contributed by atoms with E-state index in [1.54, 1.807) is 21.3 Å². The molecule has 0 aliphatic rings. The van der Waals surface area contributed by atoms with Gasteiger partial charge in [-0.25, -0.2) is 4.98 Å². The molecule has 0 saturated carbocycles. The minimum Gasteiger partial charge on any atom is -0.497 e. The number of methoxy groups -OCH3 is 3. The first-order valence-corrected chi connectivity index (χ1v) is 10.6. The van der Waals surface area contributed by atoms with Crippen LogP contribution >= 0.6 is 27.7 Å². The molecule has 0 bridgehead atoms. The van der Waals surface area contributed by atoms with Gasteiger partial charge in [-0.2, -0.15) is 0 Å². The van der Waals surface area contributed by atoms with E-state index in [4.69, 9.17) is 14.2 Å². The second kappa shape index (κ2) is 9.84. The van der Waals surface area contributed by atoms with Crippen LogP contribution in [0.5, 0.6) is 17.2 Å². The van der Waals surface area contributed by atoms with E-state index in [0.29, 0.717) is 39.0 Å². The minimum atomic E-state index is -0.205. The average Bonchev–Trinajstić information content (AvgIpc) is 2.75. The quantitative estimate of drug-likeness (QED) is 0.382. The zero-order chi connectivity index (χ0) is 20.8. The standard InChI is InChI=1S/C21H21BrN2O4S/c1-26-15-6-4-5-14(9-15)12-29-21-23-16(19(22)20(25)24-21)10-13-7-8-17(27-2)18(11-13)28-3/h4-9,11H,10,12H2,1-3H3,(H,23,24,25). The molecule has 0 aliphatic heterocycles. The molecular formula is C21H21BrN2O4S. The number of hydrogen-bond acceptors (Lipinski definition) is 6. The van der Waals surface area contributed by atoms with Crippen LogP contribution in [-0.4, -0.2) is 31.3 Å². The van der Waals surface area contributed by atoms with Gasteiger partial charge in [0.05, 0.1) is 27.0 Å². The van der Waals surface area contributed by atoms with Crippen LogP contribution in [0.4, 0.5) is 0 Å². The van der Waals surface area contributed by atoms with Gasteiger partial charge in [0.25, 0.3) is 5.56 Å². The van der Waals surface area contributed by atoms with Gasteiger partial charge in [-0.05, 0) is 51.3 Å². The van der Waals surface area contributed by atoms with Crippen LogP contribution < -0.4 is 19.8 Å². The molecule has 3 aromatic rings. The molecule has 1 N–H and O–H groups in total. The van der Waals surface area contributed by atoms with Crippen LogP contribution in [0.25, 0.3) is 0 Å². The monoisotopic (exact) mass is 476 g/mol. The summed E-state index contributed by atoms with van der Waals surface area (Å²) in [6.07, 6.45) is 0.484. The third kappa shape index (κ3) is 5.33. The third-order valence-corrected chi connectivity index (χ3v) is 6.00. The van der Waals surface area contributed by atoms with Crippen molar-refractivity contribution >= 4 is 27.7 Å². The molecule has 0 unspecified atom stereocenters. The lowest BCUT2D eigenvalue weighted by Crippen LogP contribution is -2.13. The van der Waals surface area contributed by atoms with Crippen LogP contribution in [0.15, 0.2) is 56.9 Å². The van der Waals surface area contributed by atoms with E-state index in [-0.39, 0.29) is 5.56 Å². The van der Waals surface area contributed by atoms with Gasteiger partial charge >= 0.3 is 0 Å². The van der Waals surface area contributed by atoms with Gasteiger partial charge in [0.1, 0.15) is 10.2 Å². The number of halogens is 1. The lowest BCUT2D eigenvalue weighted by Gasteiger charge is -2.11. The number of hydrogen-bond donors (Lipinski definition) is 1. The topological polar surface area (TPSA) is 73.4 Å². The van der Waals surface area contributed by atoms with Crippen LogP contribution in [0.1, 0.15) is 16.8 Å². The lowest BCUT2D eigenvalue weighted by atomic mass is 10.1. The van der Waals surface area contributed by atoms with Gasteiger partial charge in [-0.15, -0.1) is 0 Å². The molecule has 0 amide bonds. The van der Waals surface area contributed by atoms with Gasteiger partial charge in [-0.1, -0.05) is 30.0 Å². The Morgan fingerprint density at radius 1 is 1.00 bits per heavy atom. The van der Waals surface area contributed by atoms with Crippen molar-refractivity contribution in [3.63, 3.8) is 0 Å². The van der Waals surface area contributed by atoms with Crippen LogP contribution in [0, 0.1) is 0 Å². The summed E-state index contributed by atoms with van der Waals surface area (Å²) in [6.45, 7) is 0. The Hall–Kier alpha value is -2.45. The molecule has 0 radical (unpaired) electrons. The van der Waals surface area contributed by atoms with E-state index in [1.807, 2.05) is 42.5 Å². The molecule has 2 aromatic carbocycles. The zero-order valence-corrected chi connectivity index (χ0v) is 18.7. The Morgan fingerprint density at radius 3 is 2.52 bits per heavy atom. The second-order valence-electron chi connectivity index (χ2n) is 6.14. The summed E-state index contributed by atoms with van der Waals surface area (Å²) in [4.78, 5) is 19.8. The van der Waals surface area contributed by atoms with E-state index >= 15 is 0 Å². The van der Waals surface area contributed by atoms with Crippen LogP contribution in [0.2, 0.25) is 0 Å². The Morgan fingerprint density at radius 2 is 1.79 bits per heavy atom. The zero-order valence-electron chi connectivity index (χ0n) is 16.3. The van der Waals surface area contributed by atoms with Crippen molar-refractivity contribution in [3.8, 4) is 17.2 Å². The largest absolute Gasteiger partial charge is 0.497 e. The highest BCUT2D eigenvalue weighted by atomic mass is 79.9. The van der Waals surface area contributed by atoms with Gasteiger partial charge in [-0.3, -0.25) is 4.79 Å². The molecule has 3 rings (SSSR count).